The predicted octanol–water partition coefficient (Wildman–Crippen LogP) is 2.96. The van der Waals surface area contributed by atoms with Crippen molar-refractivity contribution >= 4 is 44.5 Å². The first kappa shape index (κ1) is 20.4. The van der Waals surface area contributed by atoms with Crippen molar-refractivity contribution in [1.29, 1.82) is 0 Å². The number of nitrogens with zero attached hydrogens (tertiary/aromatic N) is 4. The second kappa shape index (κ2) is 7.70. The van der Waals surface area contributed by atoms with Crippen molar-refractivity contribution in [2.75, 3.05) is 0 Å². The lowest BCUT2D eigenvalue weighted by molar-refractivity contribution is -0.135. The fraction of sp³-hybridized carbons (Fsp3) is 0.182. The highest BCUT2D eigenvalue weighted by Crippen LogP contribution is 2.30. The molecule has 12 heteroatoms. The van der Waals surface area contributed by atoms with E-state index in [1.807, 2.05) is 0 Å². The molecule has 6 rings (SSSR count). The Morgan fingerprint density at radius 3 is 2.88 bits per heavy atom. The van der Waals surface area contributed by atoms with E-state index in [1.165, 1.54) is 22.0 Å². The van der Waals surface area contributed by atoms with E-state index in [-0.39, 0.29) is 36.5 Å². The molecule has 0 radical (unpaired) electrons. The van der Waals surface area contributed by atoms with E-state index in [2.05, 4.69) is 20.4 Å². The summed E-state index contributed by atoms with van der Waals surface area (Å²) >= 11 is 1.26. The van der Waals surface area contributed by atoms with Crippen molar-refractivity contribution in [3.05, 3.63) is 64.2 Å². The van der Waals surface area contributed by atoms with Gasteiger partial charge in [-0.15, -0.1) is 11.3 Å². The Bertz CT molecular complexity index is 1670. The van der Waals surface area contributed by atoms with Gasteiger partial charge < -0.3 is 8.94 Å². The molecule has 0 aliphatic carbocycles. The number of hydrogen-bond donors (Lipinski definition) is 1. The molecule has 1 aliphatic heterocycles. The van der Waals surface area contributed by atoms with Crippen molar-refractivity contribution < 1.29 is 22.9 Å². The molecule has 1 atom stereocenters. The molecule has 5 aromatic rings. The van der Waals surface area contributed by atoms with Gasteiger partial charge in [0.1, 0.15) is 17.4 Å². The van der Waals surface area contributed by atoms with E-state index in [4.69, 9.17) is 8.94 Å². The molecule has 1 unspecified atom stereocenters. The average molecular weight is 479 g/mol. The van der Waals surface area contributed by atoms with E-state index in [0.29, 0.717) is 26.7 Å². The molecule has 0 saturated carbocycles. The molecule has 1 saturated heterocycles. The number of halogens is 1. The van der Waals surface area contributed by atoms with Gasteiger partial charge in [0.25, 0.3) is 0 Å². The first-order valence-corrected chi connectivity index (χ1v) is 11.1. The first-order valence-electron chi connectivity index (χ1n) is 10.3. The second-order valence-corrected chi connectivity index (χ2v) is 8.83. The number of benzene rings is 2. The summed E-state index contributed by atoms with van der Waals surface area (Å²) in [7, 11) is 0. The maximum absolute atomic E-state index is 14.0. The fourth-order valence-electron chi connectivity index (χ4n) is 4.01. The molecule has 1 aliphatic rings. The molecule has 3 aromatic heterocycles. The lowest BCUT2D eigenvalue weighted by atomic mass is 10.1. The second-order valence-electron chi connectivity index (χ2n) is 7.80. The zero-order chi connectivity index (χ0) is 23.4. The van der Waals surface area contributed by atoms with Gasteiger partial charge in [0, 0.05) is 6.42 Å². The zero-order valence-electron chi connectivity index (χ0n) is 17.3. The minimum absolute atomic E-state index is 0.135. The van der Waals surface area contributed by atoms with Crippen molar-refractivity contribution in [3.8, 4) is 10.8 Å². The number of piperidine rings is 1. The van der Waals surface area contributed by atoms with Crippen molar-refractivity contribution in [1.82, 2.24) is 25.0 Å². The number of fused-ring (bicyclic) bond motifs is 2. The van der Waals surface area contributed by atoms with Crippen LogP contribution in [-0.2, 0) is 16.0 Å². The Hall–Kier alpha value is -4.19. The van der Waals surface area contributed by atoms with Crippen LogP contribution in [0.15, 0.2) is 50.1 Å². The predicted molar refractivity (Wildman–Crippen MR) is 118 cm³/mol. The van der Waals surface area contributed by atoms with Gasteiger partial charge in [-0.25, -0.2) is 14.2 Å². The lowest BCUT2D eigenvalue weighted by Gasteiger charge is -2.21. The maximum Gasteiger partial charge on any atom is 0.420 e. The largest absolute Gasteiger partial charge is 0.420 e. The summed E-state index contributed by atoms with van der Waals surface area (Å²) in [6.07, 6.45) is 0.589. The number of oxazole rings is 1. The summed E-state index contributed by atoms with van der Waals surface area (Å²) in [5.41, 5.74) is 1.74. The lowest BCUT2D eigenvalue weighted by Crippen LogP contribution is -2.43. The number of aromatic nitrogens is 4. The molecule has 2 amide bonds. The minimum atomic E-state index is -0.837. The number of hydrogen-bond acceptors (Lipinski definition) is 9. The maximum atomic E-state index is 14.0. The van der Waals surface area contributed by atoms with Gasteiger partial charge in [-0.05, 0) is 36.2 Å². The van der Waals surface area contributed by atoms with Crippen LogP contribution in [0.3, 0.4) is 0 Å². The molecule has 1 fully saturated rings. The third-order valence-corrected chi connectivity index (χ3v) is 6.60. The van der Waals surface area contributed by atoms with E-state index in [1.54, 1.807) is 30.3 Å². The number of para-hydroxylation sites is 1. The number of imide groups is 1. The molecule has 0 spiro atoms. The average Bonchev–Trinajstić information content (AvgIpc) is 3.51. The van der Waals surface area contributed by atoms with Gasteiger partial charge in [0.2, 0.25) is 23.5 Å². The Balaban J connectivity index is 1.31. The van der Waals surface area contributed by atoms with Gasteiger partial charge in [-0.2, -0.15) is 4.98 Å². The molecule has 1 N–H and O–H groups in total. The third kappa shape index (κ3) is 3.39. The molecular formula is C22H14FN5O5S. The summed E-state index contributed by atoms with van der Waals surface area (Å²) < 4.78 is 26.5. The molecule has 4 heterocycles. The third-order valence-electron chi connectivity index (χ3n) is 5.58. The minimum Gasteiger partial charge on any atom is -0.408 e. The quantitative estimate of drug-likeness (QED) is 0.389. The normalized spacial score (nSPS) is 16.4. The van der Waals surface area contributed by atoms with Crippen LogP contribution in [0.25, 0.3) is 32.1 Å². The van der Waals surface area contributed by atoms with Crippen LogP contribution in [0, 0.1) is 5.82 Å². The topological polar surface area (TPSA) is 133 Å². The van der Waals surface area contributed by atoms with Gasteiger partial charge in [0.05, 0.1) is 16.6 Å². The highest BCUT2D eigenvalue weighted by atomic mass is 32.1. The Morgan fingerprint density at radius 2 is 2.06 bits per heavy atom. The van der Waals surface area contributed by atoms with Crippen LogP contribution >= 0.6 is 11.3 Å². The molecular weight excluding hydrogens is 465 g/mol. The van der Waals surface area contributed by atoms with Crippen LogP contribution in [0.5, 0.6) is 0 Å². The van der Waals surface area contributed by atoms with Crippen LogP contribution in [0.2, 0.25) is 0 Å². The van der Waals surface area contributed by atoms with Crippen molar-refractivity contribution in [3.63, 3.8) is 0 Å². The first-order chi connectivity index (χ1) is 16.5. The van der Waals surface area contributed by atoms with Gasteiger partial charge in [-0.3, -0.25) is 19.5 Å². The number of amides is 2. The van der Waals surface area contributed by atoms with E-state index >= 15 is 0 Å². The summed E-state index contributed by atoms with van der Waals surface area (Å²) in [4.78, 5) is 44.9. The molecule has 2 aromatic carbocycles. The Morgan fingerprint density at radius 1 is 1.18 bits per heavy atom. The summed E-state index contributed by atoms with van der Waals surface area (Å²) in [5, 5.41) is 6.65. The zero-order valence-corrected chi connectivity index (χ0v) is 18.1. The fourth-order valence-corrected chi connectivity index (χ4v) is 4.92. The Labute approximate surface area is 193 Å². The van der Waals surface area contributed by atoms with Crippen molar-refractivity contribution in [2.45, 2.75) is 25.3 Å². The smallest absolute Gasteiger partial charge is 0.408 e. The Kier molecular flexibility index (Phi) is 4.62. The van der Waals surface area contributed by atoms with Crippen molar-refractivity contribution in [2.24, 2.45) is 0 Å². The highest BCUT2D eigenvalue weighted by molar-refractivity contribution is 7.21. The summed E-state index contributed by atoms with van der Waals surface area (Å²) in [6, 6.07) is 8.97. The van der Waals surface area contributed by atoms with Crippen LogP contribution in [0.1, 0.15) is 30.3 Å². The molecule has 170 valence electrons. The number of thiazole rings is 1. The van der Waals surface area contributed by atoms with E-state index in [9.17, 15) is 18.8 Å². The molecule has 10 nitrogen and oxygen atoms in total. The molecule has 34 heavy (non-hydrogen) atoms. The van der Waals surface area contributed by atoms with Gasteiger partial charge in [-0.1, -0.05) is 17.3 Å². The number of rotatable bonds is 4. The standard InChI is InChI=1S/C22H14FN5O5S/c23-11-2-1-3-15-18(11)26-21(34-15)19-25-17(33-27-19)9-10-4-6-14-13(8-10)28(22(31)32-14)12-5-7-16(29)24-20(12)30/h1-4,6,8,12H,5,7,9H2,(H,24,29,30). The van der Waals surface area contributed by atoms with Crippen LogP contribution in [0.4, 0.5) is 4.39 Å². The van der Waals surface area contributed by atoms with Crippen LogP contribution in [-0.4, -0.2) is 31.5 Å². The monoisotopic (exact) mass is 479 g/mol. The highest BCUT2D eigenvalue weighted by Gasteiger charge is 2.31. The number of nitrogens with one attached hydrogen (secondary N) is 1. The summed E-state index contributed by atoms with van der Waals surface area (Å²) in [6.45, 7) is 0. The SMILES string of the molecule is O=C1CCC(n2c(=O)oc3ccc(Cc4nc(-c5nc6c(F)cccc6s5)no4)cc32)C(=O)N1. The van der Waals surface area contributed by atoms with Gasteiger partial charge >= 0.3 is 5.76 Å². The number of carbonyl (C=O) groups excluding carboxylic acids is 2. The van der Waals surface area contributed by atoms with Crippen LogP contribution < -0.4 is 11.1 Å². The van der Waals surface area contributed by atoms with E-state index in [0.717, 1.165) is 5.56 Å². The van der Waals surface area contributed by atoms with Gasteiger partial charge in [0.15, 0.2) is 10.6 Å². The molecule has 0 bridgehead atoms. The van der Waals surface area contributed by atoms with E-state index < -0.39 is 23.5 Å². The summed E-state index contributed by atoms with van der Waals surface area (Å²) in [5.74, 6) is -1.46. The number of carbonyl (C=O) groups is 2.